The summed E-state index contributed by atoms with van der Waals surface area (Å²) < 4.78 is 81.0. The molecule has 3 saturated heterocycles. The van der Waals surface area contributed by atoms with Gasteiger partial charge >= 0.3 is 18.3 Å². The molecule has 4 rings (SSSR count). The Balaban J connectivity index is 1.60. The van der Waals surface area contributed by atoms with Gasteiger partial charge in [-0.3, -0.25) is 9.69 Å². The van der Waals surface area contributed by atoms with E-state index in [4.69, 9.17) is 0 Å². The summed E-state index contributed by atoms with van der Waals surface area (Å²) in [5.74, 6) is -6.64. The predicted octanol–water partition coefficient (Wildman–Crippen LogP) is 4.62. The molecular formula is C24H31F6N3O2. The van der Waals surface area contributed by atoms with Crippen LogP contribution in [-0.4, -0.2) is 66.6 Å². The second kappa shape index (κ2) is 9.46. The van der Waals surface area contributed by atoms with Gasteiger partial charge in [-0.1, -0.05) is 26.0 Å². The highest BCUT2D eigenvalue weighted by molar-refractivity contribution is 5.74. The maximum Gasteiger partial charge on any atom is 0.402 e. The third-order valence-corrected chi connectivity index (χ3v) is 7.70. The van der Waals surface area contributed by atoms with E-state index >= 15 is 0 Å². The SMILES string of the molecule is CC(C)c1ccc(CN2CC3C(C(=O)O)NC(C(C(F)(F)F)C(F)(F)F)C3C2)c(N2CCCC2)c1. The van der Waals surface area contributed by atoms with Crippen LogP contribution in [-0.2, 0) is 11.3 Å². The van der Waals surface area contributed by atoms with Crippen LogP contribution < -0.4 is 10.2 Å². The van der Waals surface area contributed by atoms with Gasteiger partial charge in [-0.05, 0) is 41.9 Å². The highest BCUT2D eigenvalue weighted by Gasteiger charge is 2.66. The Kier molecular flexibility index (Phi) is 7.04. The van der Waals surface area contributed by atoms with Gasteiger partial charge in [0.05, 0.1) is 0 Å². The molecule has 0 bridgehead atoms. The fourth-order valence-corrected chi connectivity index (χ4v) is 6.02. The van der Waals surface area contributed by atoms with Crippen molar-refractivity contribution in [3.63, 3.8) is 0 Å². The number of hydrogen-bond donors (Lipinski definition) is 2. The number of carbonyl (C=O) groups is 1. The second-order valence-electron chi connectivity index (χ2n) is 10.3. The molecule has 0 aromatic heterocycles. The zero-order valence-electron chi connectivity index (χ0n) is 19.7. The Labute approximate surface area is 200 Å². The number of hydrogen-bond acceptors (Lipinski definition) is 4. The maximum absolute atomic E-state index is 13.5. The lowest BCUT2D eigenvalue weighted by atomic mass is 9.84. The number of anilines is 1. The summed E-state index contributed by atoms with van der Waals surface area (Å²) >= 11 is 0. The molecule has 1 aromatic carbocycles. The molecule has 3 aliphatic rings. The van der Waals surface area contributed by atoms with Crippen LogP contribution in [0.1, 0.15) is 43.7 Å². The first-order chi connectivity index (χ1) is 16.3. The highest BCUT2D eigenvalue weighted by Crippen LogP contribution is 2.49. The van der Waals surface area contributed by atoms with Crippen molar-refractivity contribution in [3.05, 3.63) is 29.3 Å². The van der Waals surface area contributed by atoms with E-state index in [2.05, 4.69) is 30.1 Å². The summed E-state index contributed by atoms with van der Waals surface area (Å²) in [4.78, 5) is 15.8. The molecule has 0 radical (unpaired) electrons. The average Bonchev–Trinajstić information content (AvgIpc) is 3.44. The van der Waals surface area contributed by atoms with Gasteiger partial charge in [0.25, 0.3) is 0 Å². The predicted molar refractivity (Wildman–Crippen MR) is 118 cm³/mol. The van der Waals surface area contributed by atoms with Gasteiger partial charge in [-0.15, -0.1) is 0 Å². The number of nitrogens with zero attached hydrogens (tertiary/aromatic N) is 2. The van der Waals surface area contributed by atoms with Crippen molar-refractivity contribution in [2.75, 3.05) is 31.1 Å². The van der Waals surface area contributed by atoms with Crippen molar-refractivity contribution in [2.45, 2.75) is 63.6 Å². The van der Waals surface area contributed by atoms with E-state index in [-0.39, 0.29) is 13.1 Å². The molecular weight excluding hydrogens is 476 g/mol. The summed E-state index contributed by atoms with van der Waals surface area (Å²) in [6, 6.07) is 2.62. The van der Waals surface area contributed by atoms with Crippen LogP contribution in [0.15, 0.2) is 18.2 Å². The first kappa shape index (κ1) is 26.1. The van der Waals surface area contributed by atoms with Gasteiger partial charge in [-0.2, -0.15) is 26.3 Å². The summed E-state index contributed by atoms with van der Waals surface area (Å²) in [6.45, 7) is 6.40. The van der Waals surface area contributed by atoms with Gasteiger partial charge in [-0.25, -0.2) is 0 Å². The minimum Gasteiger partial charge on any atom is -0.480 e. The second-order valence-corrected chi connectivity index (χ2v) is 10.3. The number of nitrogens with one attached hydrogen (secondary N) is 1. The molecule has 4 unspecified atom stereocenters. The Hall–Kier alpha value is -2.01. The lowest BCUT2D eigenvalue weighted by molar-refractivity contribution is -0.293. The van der Waals surface area contributed by atoms with Crippen molar-refractivity contribution < 1.29 is 36.2 Å². The Morgan fingerprint density at radius 1 is 1.06 bits per heavy atom. The summed E-state index contributed by atoms with van der Waals surface area (Å²) in [6.07, 6.45) is -8.94. The Morgan fingerprint density at radius 2 is 1.66 bits per heavy atom. The van der Waals surface area contributed by atoms with Crippen molar-refractivity contribution >= 4 is 11.7 Å². The molecule has 4 atom stereocenters. The molecule has 5 nitrogen and oxygen atoms in total. The minimum atomic E-state index is -5.53. The smallest absolute Gasteiger partial charge is 0.402 e. The number of fused-ring (bicyclic) bond motifs is 1. The van der Waals surface area contributed by atoms with E-state index in [1.165, 1.54) is 0 Å². The van der Waals surface area contributed by atoms with Gasteiger partial charge in [0.15, 0.2) is 5.92 Å². The highest BCUT2D eigenvalue weighted by atomic mass is 19.4. The summed E-state index contributed by atoms with van der Waals surface area (Å²) in [7, 11) is 0. The van der Waals surface area contributed by atoms with E-state index in [9.17, 15) is 36.2 Å². The van der Waals surface area contributed by atoms with Crippen LogP contribution in [0.25, 0.3) is 0 Å². The number of benzene rings is 1. The lowest BCUT2D eigenvalue weighted by Gasteiger charge is -2.32. The molecule has 1 aromatic rings. The maximum atomic E-state index is 13.5. The molecule has 3 heterocycles. The Morgan fingerprint density at radius 3 is 2.20 bits per heavy atom. The van der Waals surface area contributed by atoms with E-state index in [1.807, 2.05) is 17.0 Å². The number of rotatable bonds is 6. The van der Waals surface area contributed by atoms with Crippen LogP contribution in [0.5, 0.6) is 0 Å². The van der Waals surface area contributed by atoms with Gasteiger partial charge in [0.1, 0.15) is 6.04 Å². The van der Waals surface area contributed by atoms with Gasteiger partial charge < -0.3 is 15.3 Å². The minimum absolute atomic E-state index is 0.0276. The zero-order valence-corrected chi connectivity index (χ0v) is 19.7. The fourth-order valence-electron chi connectivity index (χ4n) is 6.02. The largest absolute Gasteiger partial charge is 0.480 e. The molecule has 3 fully saturated rings. The zero-order chi connectivity index (χ0) is 25.7. The van der Waals surface area contributed by atoms with Crippen molar-refractivity contribution in [1.29, 1.82) is 0 Å². The topological polar surface area (TPSA) is 55.8 Å². The average molecular weight is 508 g/mol. The van der Waals surface area contributed by atoms with E-state index in [0.717, 1.165) is 42.7 Å². The molecule has 0 saturated carbocycles. The van der Waals surface area contributed by atoms with Crippen LogP contribution >= 0.6 is 0 Å². The summed E-state index contributed by atoms with van der Waals surface area (Å²) in [5.41, 5.74) is 3.15. The third kappa shape index (κ3) is 5.26. The first-order valence-electron chi connectivity index (χ1n) is 12.0. The van der Waals surface area contributed by atoms with Crippen molar-refractivity contribution in [1.82, 2.24) is 10.2 Å². The van der Waals surface area contributed by atoms with Crippen LogP contribution in [0.3, 0.4) is 0 Å². The van der Waals surface area contributed by atoms with E-state index in [0.29, 0.717) is 12.5 Å². The lowest BCUT2D eigenvalue weighted by Crippen LogP contribution is -2.53. The van der Waals surface area contributed by atoms with Crippen LogP contribution in [0.2, 0.25) is 0 Å². The van der Waals surface area contributed by atoms with Crippen LogP contribution in [0, 0.1) is 17.8 Å². The number of carboxylic acids is 1. The molecule has 2 N–H and O–H groups in total. The molecule has 196 valence electrons. The quantitative estimate of drug-likeness (QED) is 0.551. The summed E-state index contributed by atoms with van der Waals surface area (Å²) in [5, 5.41) is 11.8. The van der Waals surface area contributed by atoms with Crippen molar-refractivity contribution in [2.24, 2.45) is 17.8 Å². The number of likely N-dealkylation sites (tertiary alicyclic amines) is 1. The van der Waals surface area contributed by atoms with Gasteiger partial charge in [0.2, 0.25) is 0 Å². The fraction of sp³-hybridized carbons (Fsp3) is 0.708. The number of halogens is 6. The van der Waals surface area contributed by atoms with Gasteiger partial charge in [0, 0.05) is 50.4 Å². The van der Waals surface area contributed by atoms with Crippen LogP contribution in [0.4, 0.5) is 32.0 Å². The number of aliphatic carboxylic acids is 1. The molecule has 35 heavy (non-hydrogen) atoms. The molecule has 0 amide bonds. The molecule has 3 aliphatic heterocycles. The Bertz CT molecular complexity index is 915. The molecule has 11 heteroatoms. The monoisotopic (exact) mass is 507 g/mol. The number of carboxylic acid groups (broad SMARTS) is 1. The first-order valence-corrected chi connectivity index (χ1v) is 12.0. The van der Waals surface area contributed by atoms with Crippen molar-refractivity contribution in [3.8, 4) is 0 Å². The van der Waals surface area contributed by atoms with E-state index < -0.39 is 48.2 Å². The normalized spacial score (nSPS) is 27.9. The standard InChI is InChI=1S/C24H31F6N3O2/c1-13(2)14-5-6-15(18(9-14)33-7-3-4-8-33)10-32-11-16-17(12-32)20(22(34)35)31-19(16)21(23(25,26)27)24(28,29)30/h5-6,9,13,16-17,19-21,31H,3-4,7-8,10-12H2,1-2H3,(H,34,35). The molecule has 0 spiro atoms. The third-order valence-electron chi connectivity index (χ3n) is 7.70. The number of alkyl halides is 6. The van der Waals surface area contributed by atoms with E-state index in [1.54, 1.807) is 0 Å². The molecule has 0 aliphatic carbocycles.